The maximum Gasteiger partial charge on any atom is 0.327 e. The average molecular weight is 361 g/mol. The molecule has 0 aliphatic carbocycles. The van der Waals surface area contributed by atoms with Crippen LogP contribution in [0.25, 0.3) is 0 Å². The minimum atomic E-state index is -0.450. The molecular weight excluding hydrogens is 338 g/mol. The van der Waals surface area contributed by atoms with Gasteiger partial charge in [0.05, 0.1) is 5.56 Å². The summed E-state index contributed by atoms with van der Waals surface area (Å²) in [5.74, 6) is 1.06. The molecule has 4 rings (SSSR count). The van der Waals surface area contributed by atoms with Crippen LogP contribution in [0, 0.1) is 0 Å². The van der Waals surface area contributed by atoms with Gasteiger partial charge in [-0.3, -0.25) is 14.8 Å². The van der Waals surface area contributed by atoms with Crippen molar-refractivity contribution in [2.75, 3.05) is 18.0 Å². The summed E-state index contributed by atoms with van der Waals surface area (Å²) in [6.07, 6.45) is 2.63. The van der Waals surface area contributed by atoms with Crippen molar-refractivity contribution in [1.29, 1.82) is 0 Å². The van der Waals surface area contributed by atoms with Crippen LogP contribution in [0.4, 0.5) is 5.82 Å². The highest BCUT2D eigenvalue weighted by atomic mass is 16.2. The molecule has 1 unspecified atom stereocenters. The van der Waals surface area contributed by atoms with E-state index >= 15 is 0 Å². The largest absolute Gasteiger partial charge is 0.357 e. The molecule has 2 N–H and O–H groups in total. The molecule has 1 aliphatic heterocycles. The third-order valence-corrected chi connectivity index (χ3v) is 5.25. The number of hydrogen-bond donors (Lipinski definition) is 2. The third-order valence-electron chi connectivity index (χ3n) is 5.25. The molecule has 2 heterocycles. The second-order valence-corrected chi connectivity index (χ2v) is 7.09. The number of nitrogens with zero attached hydrogens (tertiary/aromatic N) is 1. The van der Waals surface area contributed by atoms with Crippen LogP contribution < -0.4 is 16.1 Å². The van der Waals surface area contributed by atoms with Gasteiger partial charge >= 0.3 is 5.69 Å². The zero-order valence-corrected chi connectivity index (χ0v) is 15.2. The lowest BCUT2D eigenvalue weighted by atomic mass is 9.90. The highest BCUT2D eigenvalue weighted by molar-refractivity contribution is 5.48. The van der Waals surface area contributed by atoms with Gasteiger partial charge in [0.2, 0.25) is 0 Å². The van der Waals surface area contributed by atoms with Gasteiger partial charge in [0.25, 0.3) is 5.56 Å². The van der Waals surface area contributed by atoms with Crippen LogP contribution in [0.3, 0.4) is 0 Å². The Morgan fingerprint density at radius 1 is 0.926 bits per heavy atom. The minimum Gasteiger partial charge on any atom is -0.357 e. The topological polar surface area (TPSA) is 69.0 Å². The van der Waals surface area contributed by atoms with Gasteiger partial charge in [0.1, 0.15) is 5.82 Å². The molecule has 0 saturated carbocycles. The number of aromatic amines is 2. The molecule has 1 atom stereocenters. The summed E-state index contributed by atoms with van der Waals surface area (Å²) in [6, 6.07) is 20.3. The maximum atomic E-state index is 12.6. The first kappa shape index (κ1) is 17.3. The van der Waals surface area contributed by atoms with E-state index in [-0.39, 0.29) is 5.56 Å². The Morgan fingerprint density at radius 2 is 1.63 bits per heavy atom. The highest BCUT2D eigenvalue weighted by Crippen LogP contribution is 2.30. The number of benzene rings is 2. The van der Waals surface area contributed by atoms with Crippen LogP contribution in [0.15, 0.2) is 70.3 Å². The fourth-order valence-electron chi connectivity index (χ4n) is 3.91. The molecular formula is C22H23N3O2. The van der Waals surface area contributed by atoms with Gasteiger partial charge in [-0.1, -0.05) is 60.7 Å². The maximum absolute atomic E-state index is 12.6. The second-order valence-electron chi connectivity index (χ2n) is 7.09. The molecule has 0 spiro atoms. The molecule has 1 fully saturated rings. The zero-order valence-electron chi connectivity index (χ0n) is 15.2. The Bertz CT molecular complexity index is 1010. The molecule has 1 aromatic heterocycles. The summed E-state index contributed by atoms with van der Waals surface area (Å²) >= 11 is 0. The predicted molar refractivity (Wildman–Crippen MR) is 108 cm³/mol. The number of H-pyrrole nitrogens is 2. The Kier molecular flexibility index (Phi) is 4.92. The Balaban J connectivity index is 1.68. The molecule has 0 amide bonds. The van der Waals surface area contributed by atoms with Crippen LogP contribution in [0.5, 0.6) is 0 Å². The monoisotopic (exact) mass is 361 g/mol. The fraction of sp³-hybridized carbons (Fsp3) is 0.273. The molecule has 1 aliphatic rings. The van der Waals surface area contributed by atoms with E-state index in [1.165, 1.54) is 5.56 Å². The summed E-state index contributed by atoms with van der Waals surface area (Å²) < 4.78 is 0. The summed E-state index contributed by atoms with van der Waals surface area (Å²) in [7, 11) is 0. The number of piperidine rings is 1. The van der Waals surface area contributed by atoms with Gasteiger partial charge in [-0.2, -0.15) is 0 Å². The van der Waals surface area contributed by atoms with E-state index < -0.39 is 5.69 Å². The van der Waals surface area contributed by atoms with Crippen molar-refractivity contribution >= 4 is 5.82 Å². The fourth-order valence-corrected chi connectivity index (χ4v) is 3.91. The van der Waals surface area contributed by atoms with E-state index in [9.17, 15) is 9.59 Å². The third kappa shape index (κ3) is 3.87. The number of anilines is 1. The summed E-state index contributed by atoms with van der Waals surface area (Å²) in [5, 5.41) is 0. The Labute approximate surface area is 157 Å². The van der Waals surface area contributed by atoms with Gasteiger partial charge < -0.3 is 4.90 Å². The lowest BCUT2D eigenvalue weighted by Crippen LogP contribution is -2.39. The first-order valence-electron chi connectivity index (χ1n) is 9.40. The van der Waals surface area contributed by atoms with Crippen LogP contribution in [0.1, 0.15) is 35.4 Å². The molecule has 5 nitrogen and oxygen atoms in total. The van der Waals surface area contributed by atoms with E-state index in [2.05, 4.69) is 39.1 Å². The van der Waals surface area contributed by atoms with Crippen molar-refractivity contribution in [2.24, 2.45) is 0 Å². The summed E-state index contributed by atoms with van der Waals surface area (Å²) in [5.41, 5.74) is 2.22. The Hall–Kier alpha value is -3.08. The van der Waals surface area contributed by atoms with Crippen molar-refractivity contribution in [2.45, 2.75) is 25.2 Å². The van der Waals surface area contributed by atoms with Crippen molar-refractivity contribution in [3.63, 3.8) is 0 Å². The van der Waals surface area contributed by atoms with Gasteiger partial charge in [-0.15, -0.1) is 0 Å². The van der Waals surface area contributed by atoms with Crippen molar-refractivity contribution in [3.8, 4) is 0 Å². The van der Waals surface area contributed by atoms with Crippen LogP contribution in [0.2, 0.25) is 0 Å². The van der Waals surface area contributed by atoms with Gasteiger partial charge in [-0.05, 0) is 24.0 Å². The van der Waals surface area contributed by atoms with Crippen molar-refractivity contribution in [1.82, 2.24) is 9.97 Å². The first-order valence-corrected chi connectivity index (χ1v) is 9.40. The summed E-state index contributed by atoms with van der Waals surface area (Å²) in [6.45, 7) is 1.63. The molecule has 1 saturated heterocycles. The molecule has 2 aromatic carbocycles. The van der Waals surface area contributed by atoms with Gasteiger partial charge in [0, 0.05) is 25.4 Å². The quantitative estimate of drug-likeness (QED) is 0.750. The Morgan fingerprint density at radius 3 is 2.37 bits per heavy atom. The lowest BCUT2D eigenvalue weighted by molar-refractivity contribution is 0.505. The number of nitrogens with one attached hydrogen (secondary N) is 2. The highest BCUT2D eigenvalue weighted by Gasteiger charge is 2.24. The SMILES string of the molecule is O=c1[nH]c(N2CCCC(c3ccccc3)C2)c(Cc2ccccc2)c(=O)[nH]1. The molecule has 138 valence electrons. The van der Waals surface area contributed by atoms with Gasteiger partial charge in [-0.25, -0.2) is 4.79 Å². The number of aromatic nitrogens is 2. The standard InChI is InChI=1S/C22H23N3O2/c26-21-19(14-16-8-3-1-4-9-16)20(23-22(27)24-21)25-13-7-12-18(15-25)17-10-5-2-6-11-17/h1-6,8-11,18H,7,12-15H2,(H2,23,24,26,27). The van der Waals surface area contributed by atoms with E-state index in [0.29, 0.717) is 23.7 Å². The predicted octanol–water partition coefficient (Wildman–Crippen LogP) is 3.04. The zero-order chi connectivity index (χ0) is 18.6. The lowest BCUT2D eigenvalue weighted by Gasteiger charge is -2.35. The van der Waals surface area contributed by atoms with Gasteiger partial charge in [0.15, 0.2) is 0 Å². The summed E-state index contributed by atoms with van der Waals surface area (Å²) in [4.78, 5) is 32.0. The van der Waals surface area contributed by atoms with E-state index in [1.807, 2.05) is 36.4 Å². The first-order chi connectivity index (χ1) is 13.2. The van der Waals surface area contributed by atoms with E-state index in [4.69, 9.17) is 0 Å². The minimum absolute atomic E-state index is 0.306. The molecule has 0 bridgehead atoms. The molecule has 0 radical (unpaired) electrons. The molecule has 3 aromatic rings. The smallest absolute Gasteiger partial charge is 0.327 e. The second kappa shape index (κ2) is 7.66. The number of hydrogen-bond acceptors (Lipinski definition) is 3. The van der Waals surface area contributed by atoms with Crippen LogP contribution in [-0.2, 0) is 6.42 Å². The number of rotatable bonds is 4. The van der Waals surface area contributed by atoms with Crippen molar-refractivity contribution < 1.29 is 0 Å². The van der Waals surface area contributed by atoms with E-state index in [1.54, 1.807) is 0 Å². The normalized spacial score (nSPS) is 17.0. The van der Waals surface area contributed by atoms with Crippen molar-refractivity contribution in [3.05, 3.63) is 98.2 Å². The molecule has 27 heavy (non-hydrogen) atoms. The van der Waals surface area contributed by atoms with Crippen LogP contribution in [-0.4, -0.2) is 23.1 Å². The average Bonchev–Trinajstić information content (AvgIpc) is 2.71. The van der Waals surface area contributed by atoms with Crippen LogP contribution >= 0.6 is 0 Å². The van der Waals surface area contributed by atoms with E-state index in [0.717, 1.165) is 31.5 Å². The molecule has 5 heteroatoms.